The van der Waals surface area contributed by atoms with Crippen LogP contribution in [-0.4, -0.2) is 30.3 Å². The molecule has 2 aromatic carbocycles. The predicted octanol–water partition coefficient (Wildman–Crippen LogP) is 5.17. The summed E-state index contributed by atoms with van der Waals surface area (Å²) in [4.78, 5) is 26.4. The topological polar surface area (TPSA) is 99.1 Å². The summed E-state index contributed by atoms with van der Waals surface area (Å²) in [6, 6.07) is 19.5. The number of imidazole rings is 1. The molecule has 1 saturated carbocycles. The maximum atomic E-state index is 12.1. The van der Waals surface area contributed by atoms with E-state index in [2.05, 4.69) is 23.1 Å². The Morgan fingerprint density at radius 2 is 1.92 bits per heavy atom. The van der Waals surface area contributed by atoms with Crippen LogP contribution in [0.5, 0.6) is 0 Å². The second-order valence-electron chi connectivity index (χ2n) is 9.20. The van der Waals surface area contributed by atoms with Crippen molar-refractivity contribution in [3.8, 4) is 22.5 Å². The molecule has 1 radical (unpaired) electrons. The number of hydrogen-bond acceptors (Lipinski definition) is 6. The Bertz CT molecular complexity index is 1590. The number of rotatable bonds is 5. The maximum absolute atomic E-state index is 12.1. The molecule has 0 unspecified atom stereocenters. The van der Waals surface area contributed by atoms with Crippen molar-refractivity contribution in [2.24, 2.45) is 5.92 Å². The number of carbonyl (C=O) groups is 1. The third kappa shape index (κ3) is 4.04. The zero-order valence-corrected chi connectivity index (χ0v) is 23.1. The third-order valence-corrected chi connectivity index (χ3v) is 7.15. The van der Waals surface area contributed by atoms with Gasteiger partial charge in [0.05, 0.1) is 0 Å². The monoisotopic (exact) mass is 550 g/mol. The molecule has 36 heavy (non-hydrogen) atoms. The Kier molecular flexibility index (Phi) is 6.71. The normalized spacial score (nSPS) is 17.1. The van der Waals surface area contributed by atoms with Gasteiger partial charge in [0.25, 0.3) is 0 Å². The Balaban J connectivity index is 0.00000267. The number of Topliss-reactive ketones (excluding diaryl/α,β-unsaturated/α-hetero) is 1. The van der Waals surface area contributed by atoms with Crippen LogP contribution in [0, 0.1) is 18.9 Å². The van der Waals surface area contributed by atoms with Gasteiger partial charge in [-0.3, -0.25) is 4.79 Å². The van der Waals surface area contributed by atoms with E-state index in [1.807, 2.05) is 55.5 Å². The molecule has 1 fully saturated rings. The fourth-order valence-corrected chi connectivity index (χ4v) is 5.08. The van der Waals surface area contributed by atoms with E-state index in [0.717, 1.165) is 57.6 Å². The molecule has 5 aromatic rings. The van der Waals surface area contributed by atoms with Crippen molar-refractivity contribution in [2.75, 3.05) is 5.73 Å². The molecule has 0 amide bonds. The molecule has 0 saturated heterocycles. The van der Waals surface area contributed by atoms with Crippen LogP contribution in [0.2, 0.25) is 0 Å². The molecular weight excluding hydrogens is 525 g/mol. The molecule has 1 aliphatic carbocycles. The van der Waals surface area contributed by atoms with E-state index in [-0.39, 0.29) is 44.5 Å². The zero-order chi connectivity index (χ0) is 24.1. The van der Waals surface area contributed by atoms with Gasteiger partial charge < -0.3 is 10.7 Å². The largest absolute Gasteiger partial charge is 0.382 e. The maximum Gasteiger partial charge on any atom is 0.153 e. The van der Waals surface area contributed by atoms with Crippen LogP contribution in [0.25, 0.3) is 38.9 Å². The average molecular weight is 550 g/mol. The van der Waals surface area contributed by atoms with Gasteiger partial charge in [-0.25, -0.2) is 14.5 Å². The number of fused-ring (bicyclic) bond motifs is 2. The number of hydrogen-bond donors (Lipinski definition) is 1. The van der Waals surface area contributed by atoms with Gasteiger partial charge in [-0.1, -0.05) is 48.9 Å². The Labute approximate surface area is 234 Å². The fourth-order valence-electron chi connectivity index (χ4n) is 5.08. The summed E-state index contributed by atoms with van der Waals surface area (Å²) < 4.78 is 1.80. The van der Waals surface area contributed by atoms with Gasteiger partial charge in [0, 0.05) is 51.0 Å². The molecule has 177 valence electrons. The van der Waals surface area contributed by atoms with Crippen molar-refractivity contribution < 1.29 is 37.5 Å². The van der Waals surface area contributed by atoms with Crippen molar-refractivity contribution in [1.82, 2.24) is 24.6 Å². The fraction of sp³-hybridized carbons (Fsp3) is 0.250. The van der Waals surface area contributed by atoms with E-state index >= 15 is 0 Å². The van der Waals surface area contributed by atoms with Gasteiger partial charge in [-0.05, 0) is 42.1 Å². The minimum atomic E-state index is 0. The van der Waals surface area contributed by atoms with Crippen LogP contribution in [-0.2, 0) is 37.5 Å². The molecule has 2 N–H and O–H groups in total. The van der Waals surface area contributed by atoms with E-state index in [0.29, 0.717) is 23.5 Å². The second-order valence-corrected chi connectivity index (χ2v) is 9.20. The number of ketones is 1. The summed E-state index contributed by atoms with van der Waals surface area (Å²) in [5, 5.41) is 5.43. The molecule has 6 rings (SSSR count). The first-order valence-electron chi connectivity index (χ1n) is 11.9. The Morgan fingerprint density at radius 1 is 1.14 bits per heavy atom. The predicted molar refractivity (Wildman–Crippen MR) is 136 cm³/mol. The summed E-state index contributed by atoms with van der Waals surface area (Å²) in [7, 11) is 0. The minimum Gasteiger partial charge on any atom is -0.382 e. The van der Waals surface area contributed by atoms with Crippen molar-refractivity contribution in [3.05, 3.63) is 72.3 Å². The minimum absolute atomic E-state index is 0. The number of pyridine rings is 1. The molecule has 0 bridgehead atoms. The number of nitrogens with two attached hydrogens (primary N) is 1. The Hall–Kier alpha value is -3.03. The van der Waals surface area contributed by atoms with E-state index in [9.17, 15) is 4.79 Å². The van der Waals surface area contributed by atoms with Crippen molar-refractivity contribution in [3.63, 3.8) is 0 Å². The zero-order valence-electron chi connectivity index (χ0n) is 20.3. The molecule has 0 atom stereocenters. The Morgan fingerprint density at radius 3 is 2.67 bits per heavy atom. The van der Waals surface area contributed by atoms with Gasteiger partial charge in [0.15, 0.2) is 5.82 Å². The number of nitrogen functional groups attached to an aromatic ring is 1. The van der Waals surface area contributed by atoms with Gasteiger partial charge in [-0.2, -0.15) is 5.10 Å². The second kappa shape index (κ2) is 9.79. The molecule has 7 nitrogen and oxygen atoms in total. The van der Waals surface area contributed by atoms with Gasteiger partial charge in [0.1, 0.15) is 29.1 Å². The quantitative estimate of drug-likeness (QED) is 0.304. The summed E-state index contributed by atoms with van der Waals surface area (Å²) in [5.41, 5.74) is 12.5. The first-order valence-corrected chi connectivity index (χ1v) is 11.9. The number of anilines is 1. The molecular formula is C28H25N6OY-. The van der Waals surface area contributed by atoms with Crippen LogP contribution in [0.4, 0.5) is 5.82 Å². The molecule has 0 aliphatic heterocycles. The van der Waals surface area contributed by atoms with Crippen LogP contribution < -0.4 is 5.73 Å². The van der Waals surface area contributed by atoms with Gasteiger partial charge in [0.2, 0.25) is 0 Å². The van der Waals surface area contributed by atoms with Gasteiger partial charge in [-0.15, -0.1) is 23.6 Å². The van der Waals surface area contributed by atoms with Crippen LogP contribution in [0.1, 0.15) is 43.5 Å². The smallest absolute Gasteiger partial charge is 0.153 e. The number of benzene rings is 2. The molecule has 0 spiro atoms. The van der Waals surface area contributed by atoms with Crippen LogP contribution in [0.3, 0.4) is 0 Å². The summed E-state index contributed by atoms with van der Waals surface area (Å²) in [6.07, 6.45) is 3.62. The van der Waals surface area contributed by atoms with E-state index < -0.39 is 0 Å². The first kappa shape index (κ1) is 24.7. The third-order valence-electron chi connectivity index (χ3n) is 7.15. The van der Waals surface area contributed by atoms with E-state index in [1.54, 1.807) is 4.52 Å². The van der Waals surface area contributed by atoms with Gasteiger partial charge >= 0.3 is 0 Å². The SMILES string of the molecule is CCC(=O)C1CC(c2nc(-c3ccc4[c-]cc(-c5ccccc5)nc4c3C)c3c(N)ncnn23)C1.[Y]. The summed E-state index contributed by atoms with van der Waals surface area (Å²) >= 11 is 0. The number of aromatic nitrogens is 5. The van der Waals surface area contributed by atoms with Crippen LogP contribution in [0.15, 0.2) is 54.9 Å². The molecule has 3 aromatic heterocycles. The van der Waals surface area contributed by atoms with E-state index in [1.165, 1.54) is 6.33 Å². The number of carbonyl (C=O) groups excluding carboxylic acids is 1. The van der Waals surface area contributed by atoms with Crippen molar-refractivity contribution >= 4 is 28.0 Å². The summed E-state index contributed by atoms with van der Waals surface area (Å²) in [5.74, 6) is 1.81. The average Bonchev–Trinajstić information content (AvgIpc) is 3.24. The summed E-state index contributed by atoms with van der Waals surface area (Å²) in [6.45, 7) is 3.97. The van der Waals surface area contributed by atoms with Crippen molar-refractivity contribution in [1.29, 1.82) is 0 Å². The number of nitrogens with zero attached hydrogens (tertiary/aromatic N) is 5. The van der Waals surface area contributed by atoms with Crippen LogP contribution >= 0.6 is 0 Å². The van der Waals surface area contributed by atoms with Crippen molar-refractivity contribution in [2.45, 2.75) is 39.0 Å². The molecule has 8 heteroatoms. The molecule has 3 heterocycles. The standard InChI is InChI=1S/C28H25N6O.Y/c1-3-23(35)19-13-20(14-19)28-33-25(26-27(29)30-15-31-34(26)28)21-11-9-18-10-12-22(32-24(18)16(21)2)17-7-5-4-6-8-17;/h4-9,11-12,15,19-20H,3,13-14H2,1-2H3,(H2,29,30,31);/q-1;. The number of aryl methyl sites for hydroxylation is 1. The molecule has 1 aliphatic rings. The first-order chi connectivity index (χ1) is 17.0. The van der Waals surface area contributed by atoms with E-state index in [4.69, 9.17) is 15.7 Å².